The largest absolute Gasteiger partial charge is 0.477 e. The molecular formula is C26H25NO3. The molecule has 0 aliphatic heterocycles. The number of esters is 1. The fraction of sp³-hybridized carbons (Fsp3) is 0.192. The summed E-state index contributed by atoms with van der Waals surface area (Å²) in [7, 11) is 0. The summed E-state index contributed by atoms with van der Waals surface area (Å²) in [6.07, 6.45) is -0.759. The molecule has 1 heterocycles. The van der Waals surface area contributed by atoms with Crippen molar-refractivity contribution >= 4 is 16.9 Å². The van der Waals surface area contributed by atoms with Crippen molar-refractivity contribution in [3.8, 4) is 17.0 Å². The molecule has 0 bridgehead atoms. The highest BCUT2D eigenvalue weighted by atomic mass is 16.6. The second-order valence-corrected chi connectivity index (χ2v) is 7.14. The average molecular weight is 399 g/mol. The number of carbonyl (C=O) groups excluding carboxylic acids is 1. The van der Waals surface area contributed by atoms with E-state index in [0.29, 0.717) is 18.9 Å². The number of hydrogen-bond acceptors (Lipinski definition) is 3. The highest BCUT2D eigenvalue weighted by molar-refractivity contribution is 5.91. The van der Waals surface area contributed by atoms with Gasteiger partial charge in [0, 0.05) is 10.9 Å². The molecule has 0 saturated heterocycles. The standard InChI is InChI=1S/C26H25NO3/c1-3-29-26(28)24(30-21-14-8-5-9-15-21)18-27-23-17-11-10-16-22(23)19(2)25(27)20-12-6-4-7-13-20/h4-17,24H,3,18H2,1-2H3. The third kappa shape index (κ3) is 3.94. The van der Waals surface area contributed by atoms with Gasteiger partial charge in [-0.25, -0.2) is 4.79 Å². The summed E-state index contributed by atoms with van der Waals surface area (Å²) < 4.78 is 13.6. The molecule has 4 rings (SSSR count). The van der Waals surface area contributed by atoms with Crippen LogP contribution in [0.5, 0.6) is 5.75 Å². The molecule has 1 atom stereocenters. The second kappa shape index (κ2) is 8.87. The van der Waals surface area contributed by atoms with Crippen molar-refractivity contribution in [3.63, 3.8) is 0 Å². The number of para-hydroxylation sites is 2. The number of nitrogens with zero attached hydrogens (tertiary/aromatic N) is 1. The van der Waals surface area contributed by atoms with Gasteiger partial charge in [0.1, 0.15) is 5.75 Å². The monoisotopic (exact) mass is 399 g/mol. The Morgan fingerprint density at radius 2 is 1.53 bits per heavy atom. The van der Waals surface area contributed by atoms with E-state index in [1.807, 2.05) is 67.6 Å². The Morgan fingerprint density at radius 3 is 2.23 bits per heavy atom. The summed E-state index contributed by atoms with van der Waals surface area (Å²) in [6.45, 7) is 4.59. The van der Waals surface area contributed by atoms with Crippen molar-refractivity contribution in [3.05, 3.63) is 90.5 Å². The predicted octanol–water partition coefficient (Wildman–Crippen LogP) is 5.63. The fourth-order valence-corrected chi connectivity index (χ4v) is 3.86. The zero-order chi connectivity index (χ0) is 20.9. The summed E-state index contributed by atoms with van der Waals surface area (Å²) >= 11 is 0. The number of fused-ring (bicyclic) bond motifs is 1. The first kappa shape index (κ1) is 19.8. The quantitative estimate of drug-likeness (QED) is 0.378. The van der Waals surface area contributed by atoms with Crippen molar-refractivity contribution in [2.45, 2.75) is 26.5 Å². The molecule has 0 spiro atoms. The van der Waals surface area contributed by atoms with E-state index in [0.717, 1.165) is 16.8 Å². The molecule has 152 valence electrons. The highest BCUT2D eigenvalue weighted by Gasteiger charge is 2.26. The minimum atomic E-state index is -0.759. The maximum atomic E-state index is 12.8. The second-order valence-electron chi connectivity index (χ2n) is 7.14. The van der Waals surface area contributed by atoms with E-state index >= 15 is 0 Å². The Bertz CT molecular complexity index is 1130. The molecule has 0 amide bonds. The van der Waals surface area contributed by atoms with Gasteiger partial charge in [-0.3, -0.25) is 0 Å². The zero-order valence-electron chi connectivity index (χ0n) is 17.2. The molecule has 4 aromatic rings. The Kier molecular flexibility index (Phi) is 5.84. The smallest absolute Gasteiger partial charge is 0.349 e. The Balaban J connectivity index is 1.81. The highest BCUT2D eigenvalue weighted by Crippen LogP contribution is 2.33. The Labute approximate surface area is 176 Å². The Hall–Kier alpha value is -3.53. The Morgan fingerprint density at radius 1 is 0.900 bits per heavy atom. The van der Waals surface area contributed by atoms with Gasteiger partial charge in [0.25, 0.3) is 0 Å². The number of rotatable bonds is 7. The van der Waals surface area contributed by atoms with Gasteiger partial charge < -0.3 is 14.0 Å². The van der Waals surface area contributed by atoms with Crippen LogP contribution in [-0.2, 0) is 16.1 Å². The lowest BCUT2D eigenvalue weighted by Crippen LogP contribution is -2.34. The normalized spacial score (nSPS) is 11.9. The first-order valence-corrected chi connectivity index (χ1v) is 10.2. The number of aromatic nitrogens is 1. The molecule has 1 aromatic heterocycles. The number of hydrogen-bond donors (Lipinski definition) is 0. The lowest BCUT2D eigenvalue weighted by Gasteiger charge is -2.21. The molecule has 0 N–H and O–H groups in total. The van der Waals surface area contributed by atoms with E-state index in [-0.39, 0.29) is 5.97 Å². The van der Waals surface area contributed by atoms with Gasteiger partial charge in [-0.05, 0) is 43.2 Å². The third-order valence-corrected chi connectivity index (χ3v) is 5.19. The van der Waals surface area contributed by atoms with E-state index < -0.39 is 6.10 Å². The summed E-state index contributed by atoms with van der Waals surface area (Å²) in [5.74, 6) is 0.279. The van der Waals surface area contributed by atoms with Crippen LogP contribution in [0.2, 0.25) is 0 Å². The van der Waals surface area contributed by atoms with Crippen LogP contribution in [0.15, 0.2) is 84.9 Å². The van der Waals surface area contributed by atoms with Crippen LogP contribution in [0.4, 0.5) is 0 Å². The molecular weight excluding hydrogens is 374 g/mol. The van der Waals surface area contributed by atoms with Gasteiger partial charge in [-0.2, -0.15) is 0 Å². The summed E-state index contributed by atoms with van der Waals surface area (Å²) in [4.78, 5) is 12.8. The summed E-state index contributed by atoms with van der Waals surface area (Å²) in [6, 6.07) is 27.9. The number of aryl methyl sites for hydroxylation is 1. The van der Waals surface area contributed by atoms with Crippen molar-refractivity contribution in [1.82, 2.24) is 4.57 Å². The molecule has 0 saturated carbocycles. The van der Waals surface area contributed by atoms with Crippen LogP contribution in [0.1, 0.15) is 12.5 Å². The first-order valence-electron chi connectivity index (χ1n) is 10.2. The van der Waals surface area contributed by atoms with Crippen LogP contribution in [0.3, 0.4) is 0 Å². The van der Waals surface area contributed by atoms with Gasteiger partial charge in [0.05, 0.1) is 18.8 Å². The van der Waals surface area contributed by atoms with Crippen molar-refractivity contribution in [2.24, 2.45) is 0 Å². The minimum absolute atomic E-state index is 0.310. The maximum Gasteiger partial charge on any atom is 0.349 e. The molecule has 0 aliphatic carbocycles. The van der Waals surface area contributed by atoms with Crippen molar-refractivity contribution in [1.29, 1.82) is 0 Å². The molecule has 4 nitrogen and oxygen atoms in total. The minimum Gasteiger partial charge on any atom is -0.477 e. The van der Waals surface area contributed by atoms with Crippen LogP contribution in [0.25, 0.3) is 22.2 Å². The predicted molar refractivity (Wildman–Crippen MR) is 120 cm³/mol. The summed E-state index contributed by atoms with van der Waals surface area (Å²) in [5.41, 5.74) is 4.44. The number of carbonyl (C=O) groups is 1. The van der Waals surface area contributed by atoms with Crippen molar-refractivity contribution < 1.29 is 14.3 Å². The summed E-state index contributed by atoms with van der Waals surface area (Å²) in [5, 5.41) is 1.17. The molecule has 0 aliphatic rings. The number of ether oxygens (including phenoxy) is 2. The SMILES string of the molecule is CCOC(=O)C(Cn1c(-c2ccccc2)c(C)c2ccccc21)Oc1ccccc1. The molecule has 0 radical (unpaired) electrons. The van der Waals surface area contributed by atoms with E-state index in [9.17, 15) is 4.79 Å². The van der Waals surface area contributed by atoms with Crippen molar-refractivity contribution in [2.75, 3.05) is 6.61 Å². The molecule has 4 heteroatoms. The molecule has 30 heavy (non-hydrogen) atoms. The topological polar surface area (TPSA) is 40.5 Å². The van der Waals surface area contributed by atoms with Gasteiger partial charge in [-0.1, -0.05) is 66.7 Å². The van der Waals surface area contributed by atoms with Gasteiger partial charge in [0.15, 0.2) is 0 Å². The maximum absolute atomic E-state index is 12.8. The molecule has 1 unspecified atom stereocenters. The van der Waals surface area contributed by atoms with Gasteiger partial charge in [-0.15, -0.1) is 0 Å². The molecule has 3 aromatic carbocycles. The lowest BCUT2D eigenvalue weighted by atomic mass is 10.1. The van der Waals surface area contributed by atoms with E-state index in [1.54, 1.807) is 0 Å². The molecule has 0 fully saturated rings. The van der Waals surface area contributed by atoms with Crippen LogP contribution in [0, 0.1) is 6.92 Å². The van der Waals surface area contributed by atoms with Gasteiger partial charge >= 0.3 is 5.97 Å². The zero-order valence-corrected chi connectivity index (χ0v) is 17.2. The third-order valence-electron chi connectivity index (χ3n) is 5.19. The lowest BCUT2D eigenvalue weighted by molar-refractivity contribution is -0.152. The van der Waals surface area contributed by atoms with Crippen LogP contribution < -0.4 is 4.74 Å². The van der Waals surface area contributed by atoms with Gasteiger partial charge in [0.2, 0.25) is 6.10 Å². The number of benzene rings is 3. The van der Waals surface area contributed by atoms with Crippen LogP contribution in [-0.4, -0.2) is 23.2 Å². The fourth-order valence-electron chi connectivity index (χ4n) is 3.86. The first-order chi connectivity index (χ1) is 14.7. The average Bonchev–Trinajstić information content (AvgIpc) is 3.06. The van der Waals surface area contributed by atoms with E-state index in [2.05, 4.69) is 35.8 Å². The van der Waals surface area contributed by atoms with E-state index in [4.69, 9.17) is 9.47 Å². The van der Waals surface area contributed by atoms with E-state index in [1.165, 1.54) is 10.9 Å². The van der Waals surface area contributed by atoms with Crippen LogP contribution >= 0.6 is 0 Å².